The molecule has 1 aliphatic rings. The molecule has 0 aliphatic carbocycles. The van der Waals surface area contributed by atoms with Crippen molar-refractivity contribution in [2.75, 3.05) is 44.8 Å². The third-order valence-corrected chi connectivity index (χ3v) is 4.21. The fourth-order valence-corrected chi connectivity index (χ4v) is 2.82. The van der Waals surface area contributed by atoms with Gasteiger partial charge in [0, 0.05) is 26.2 Å². The predicted octanol–water partition coefficient (Wildman–Crippen LogP) is 2.60. The molecule has 0 aromatic rings. The number of likely N-dealkylation sites (tertiary alicyclic amines) is 1. The first kappa shape index (κ1) is 21.8. The number of piperidine rings is 1. The van der Waals surface area contributed by atoms with Crippen LogP contribution in [0.25, 0.3) is 0 Å². The van der Waals surface area contributed by atoms with E-state index >= 15 is 0 Å². The van der Waals surface area contributed by atoms with Crippen molar-refractivity contribution in [1.82, 2.24) is 10.2 Å². The third kappa shape index (κ3) is 7.89. The maximum atomic E-state index is 11.8. The smallest absolute Gasteiger partial charge is 0.309 e. The van der Waals surface area contributed by atoms with E-state index in [0.29, 0.717) is 6.61 Å². The maximum absolute atomic E-state index is 11.8. The Bertz CT molecular complexity index is 335. The number of carbonyl (C=O) groups is 1. The number of nitrogens with one attached hydrogen (secondary N) is 1. The SMILES string of the molecule is CCNC(=NCCCSC)N1CCC(C(=O)OCC)CC1.I. The quantitative estimate of drug-likeness (QED) is 0.216. The van der Waals surface area contributed by atoms with Gasteiger partial charge in [0.1, 0.15) is 0 Å². The van der Waals surface area contributed by atoms with E-state index in [2.05, 4.69) is 28.4 Å². The van der Waals surface area contributed by atoms with Crippen molar-refractivity contribution in [3.63, 3.8) is 0 Å². The molecule has 22 heavy (non-hydrogen) atoms. The van der Waals surface area contributed by atoms with Crippen LogP contribution in [0.1, 0.15) is 33.1 Å². The highest BCUT2D eigenvalue weighted by Gasteiger charge is 2.27. The zero-order valence-corrected chi connectivity index (χ0v) is 17.1. The van der Waals surface area contributed by atoms with Gasteiger partial charge in [-0.05, 0) is 45.1 Å². The molecule has 1 heterocycles. The van der Waals surface area contributed by atoms with Crippen molar-refractivity contribution in [3.8, 4) is 0 Å². The summed E-state index contributed by atoms with van der Waals surface area (Å²) in [5, 5.41) is 3.35. The summed E-state index contributed by atoms with van der Waals surface area (Å²) in [7, 11) is 0. The molecule has 0 aromatic heterocycles. The zero-order chi connectivity index (χ0) is 15.5. The summed E-state index contributed by atoms with van der Waals surface area (Å²) in [5.41, 5.74) is 0. The Morgan fingerprint density at radius 2 is 2.05 bits per heavy atom. The highest BCUT2D eigenvalue weighted by atomic mass is 127. The molecular weight excluding hydrogens is 413 g/mol. The van der Waals surface area contributed by atoms with Crippen LogP contribution in [0.2, 0.25) is 0 Å². The van der Waals surface area contributed by atoms with Gasteiger partial charge in [0.15, 0.2) is 5.96 Å². The van der Waals surface area contributed by atoms with Gasteiger partial charge in [0.25, 0.3) is 0 Å². The molecule has 7 heteroatoms. The summed E-state index contributed by atoms with van der Waals surface area (Å²) in [6.45, 7) is 7.90. The van der Waals surface area contributed by atoms with E-state index in [1.165, 1.54) is 0 Å². The van der Waals surface area contributed by atoms with Crippen molar-refractivity contribution >= 4 is 47.7 Å². The van der Waals surface area contributed by atoms with Crippen molar-refractivity contribution in [1.29, 1.82) is 0 Å². The van der Waals surface area contributed by atoms with Crippen LogP contribution in [0, 0.1) is 5.92 Å². The van der Waals surface area contributed by atoms with Gasteiger partial charge < -0.3 is 15.0 Å². The second-order valence-electron chi connectivity index (χ2n) is 5.10. The van der Waals surface area contributed by atoms with Gasteiger partial charge in [0.2, 0.25) is 0 Å². The number of hydrogen-bond donors (Lipinski definition) is 1. The Hall–Kier alpha value is -0.180. The van der Waals surface area contributed by atoms with Crippen LogP contribution >= 0.6 is 35.7 Å². The van der Waals surface area contributed by atoms with Gasteiger partial charge >= 0.3 is 5.97 Å². The predicted molar refractivity (Wildman–Crippen MR) is 105 cm³/mol. The van der Waals surface area contributed by atoms with E-state index < -0.39 is 0 Å². The van der Waals surface area contributed by atoms with Gasteiger partial charge in [-0.3, -0.25) is 9.79 Å². The summed E-state index contributed by atoms with van der Waals surface area (Å²) in [4.78, 5) is 18.7. The first-order chi connectivity index (χ1) is 10.2. The summed E-state index contributed by atoms with van der Waals surface area (Å²) < 4.78 is 5.11. The largest absolute Gasteiger partial charge is 0.466 e. The molecule has 1 N–H and O–H groups in total. The Balaban J connectivity index is 0.00000441. The Kier molecular flexibility index (Phi) is 13.2. The van der Waals surface area contributed by atoms with Gasteiger partial charge in [-0.2, -0.15) is 11.8 Å². The van der Waals surface area contributed by atoms with Gasteiger partial charge in [-0.15, -0.1) is 24.0 Å². The van der Waals surface area contributed by atoms with Crippen LogP contribution < -0.4 is 5.32 Å². The summed E-state index contributed by atoms with van der Waals surface area (Å²) >= 11 is 1.86. The minimum atomic E-state index is -0.0425. The number of hydrogen-bond acceptors (Lipinski definition) is 4. The van der Waals surface area contributed by atoms with E-state index in [-0.39, 0.29) is 35.9 Å². The van der Waals surface area contributed by atoms with Crippen LogP contribution in [0.5, 0.6) is 0 Å². The van der Waals surface area contributed by atoms with Gasteiger partial charge in [0.05, 0.1) is 12.5 Å². The monoisotopic (exact) mass is 443 g/mol. The Morgan fingerprint density at radius 3 is 2.59 bits per heavy atom. The lowest BCUT2D eigenvalue weighted by Crippen LogP contribution is -2.46. The number of carbonyl (C=O) groups excluding carboxylic acids is 1. The molecule has 5 nitrogen and oxygen atoms in total. The molecule has 0 saturated carbocycles. The van der Waals surface area contributed by atoms with E-state index in [0.717, 1.165) is 57.2 Å². The standard InChI is InChI=1S/C15H29N3O2S.HI/c1-4-16-15(17-9-6-12-21-3)18-10-7-13(8-11-18)14(19)20-5-2;/h13H,4-12H2,1-3H3,(H,16,17);1H. The van der Waals surface area contributed by atoms with Gasteiger partial charge in [-0.1, -0.05) is 0 Å². The van der Waals surface area contributed by atoms with Crippen molar-refractivity contribution in [2.24, 2.45) is 10.9 Å². The molecule has 1 fully saturated rings. The van der Waals surface area contributed by atoms with Crippen molar-refractivity contribution < 1.29 is 9.53 Å². The Morgan fingerprint density at radius 1 is 1.36 bits per heavy atom. The number of ether oxygens (including phenoxy) is 1. The van der Waals surface area contributed by atoms with Crippen LogP contribution in [-0.2, 0) is 9.53 Å². The molecule has 0 spiro atoms. The summed E-state index contributed by atoms with van der Waals surface area (Å²) in [6.07, 6.45) is 4.94. The second kappa shape index (κ2) is 13.3. The van der Waals surface area contributed by atoms with E-state index in [1.54, 1.807) is 0 Å². The summed E-state index contributed by atoms with van der Waals surface area (Å²) in [5.74, 6) is 2.15. The maximum Gasteiger partial charge on any atom is 0.309 e. The average Bonchev–Trinajstić information content (AvgIpc) is 2.51. The number of esters is 1. The highest BCUT2D eigenvalue weighted by molar-refractivity contribution is 14.0. The average molecular weight is 443 g/mol. The minimum Gasteiger partial charge on any atom is -0.466 e. The molecule has 1 rings (SSSR count). The van der Waals surface area contributed by atoms with E-state index in [1.807, 2.05) is 18.7 Å². The molecule has 0 amide bonds. The molecule has 1 saturated heterocycles. The highest BCUT2D eigenvalue weighted by Crippen LogP contribution is 2.18. The molecular formula is C15H30IN3O2S. The first-order valence-electron chi connectivity index (χ1n) is 7.91. The molecule has 0 radical (unpaired) electrons. The molecule has 1 aliphatic heterocycles. The lowest BCUT2D eigenvalue weighted by Gasteiger charge is -2.33. The van der Waals surface area contributed by atoms with Crippen LogP contribution in [0.4, 0.5) is 0 Å². The van der Waals surface area contributed by atoms with Gasteiger partial charge in [-0.25, -0.2) is 0 Å². The number of guanidine groups is 1. The van der Waals surface area contributed by atoms with Crippen LogP contribution in [-0.4, -0.2) is 61.6 Å². The minimum absolute atomic E-state index is 0. The number of nitrogens with zero attached hydrogens (tertiary/aromatic N) is 2. The third-order valence-electron chi connectivity index (χ3n) is 3.52. The fourth-order valence-electron chi connectivity index (χ4n) is 2.41. The van der Waals surface area contributed by atoms with Crippen molar-refractivity contribution in [3.05, 3.63) is 0 Å². The molecule has 0 bridgehead atoms. The molecule has 0 atom stereocenters. The number of halogens is 1. The lowest BCUT2D eigenvalue weighted by molar-refractivity contribution is -0.149. The first-order valence-corrected chi connectivity index (χ1v) is 9.31. The fraction of sp³-hybridized carbons (Fsp3) is 0.867. The molecule has 0 unspecified atom stereocenters. The Labute approximate surface area is 156 Å². The molecule has 130 valence electrons. The molecule has 0 aromatic carbocycles. The lowest BCUT2D eigenvalue weighted by atomic mass is 9.97. The van der Waals surface area contributed by atoms with E-state index in [9.17, 15) is 4.79 Å². The normalized spacial score (nSPS) is 16.1. The number of aliphatic imine (C=N–C) groups is 1. The number of rotatable bonds is 7. The van der Waals surface area contributed by atoms with Crippen molar-refractivity contribution in [2.45, 2.75) is 33.1 Å². The zero-order valence-electron chi connectivity index (χ0n) is 14.0. The topological polar surface area (TPSA) is 53.9 Å². The van der Waals surface area contributed by atoms with Crippen LogP contribution in [0.3, 0.4) is 0 Å². The number of thioether (sulfide) groups is 1. The second-order valence-corrected chi connectivity index (χ2v) is 6.08. The summed E-state index contributed by atoms with van der Waals surface area (Å²) in [6, 6.07) is 0. The van der Waals surface area contributed by atoms with Crippen LogP contribution in [0.15, 0.2) is 4.99 Å². The van der Waals surface area contributed by atoms with E-state index in [4.69, 9.17) is 4.74 Å².